The lowest BCUT2D eigenvalue weighted by molar-refractivity contribution is -0.115. The van der Waals surface area contributed by atoms with E-state index in [9.17, 15) is 4.79 Å². The highest BCUT2D eigenvalue weighted by molar-refractivity contribution is 9.10. The zero-order valence-corrected chi connectivity index (χ0v) is 15.5. The van der Waals surface area contributed by atoms with E-state index >= 15 is 0 Å². The minimum absolute atomic E-state index is 0.0396. The van der Waals surface area contributed by atoms with Gasteiger partial charge in [-0.15, -0.1) is 10.2 Å². The molecule has 0 unspecified atom stereocenters. The summed E-state index contributed by atoms with van der Waals surface area (Å²) in [5, 5.41) is 10.9. The van der Waals surface area contributed by atoms with Crippen molar-refractivity contribution in [3.8, 4) is 0 Å². The summed E-state index contributed by atoms with van der Waals surface area (Å²) in [6.07, 6.45) is 0. The second-order valence-corrected chi connectivity index (χ2v) is 9.02. The van der Waals surface area contributed by atoms with Gasteiger partial charge in [-0.2, -0.15) is 0 Å². The van der Waals surface area contributed by atoms with Crippen molar-refractivity contribution in [3.05, 3.63) is 28.7 Å². The van der Waals surface area contributed by atoms with Gasteiger partial charge in [-0.05, 0) is 36.9 Å². The molecular weight excluding hydrogens is 390 g/mol. The molecule has 1 atom stereocenters. The first-order valence-corrected chi connectivity index (χ1v) is 9.75. The number of nitrogens with one attached hydrogen (secondary N) is 1. The maximum absolute atomic E-state index is 12.1. The topological polar surface area (TPSA) is 54.9 Å². The fraction of sp³-hybridized carbons (Fsp3) is 0.308. The molecule has 0 fully saturated rings. The lowest BCUT2D eigenvalue weighted by Gasteiger charge is -2.10. The van der Waals surface area contributed by atoms with Gasteiger partial charge in [-0.25, -0.2) is 0 Å². The number of nitrogens with zero attached hydrogens (tertiary/aromatic N) is 2. The third-order valence-corrected chi connectivity index (χ3v) is 6.07. The summed E-state index contributed by atoms with van der Waals surface area (Å²) in [6.45, 7) is 3.94. The Labute approximate surface area is 144 Å². The molecule has 1 aromatic carbocycles. The quantitative estimate of drug-likeness (QED) is 0.717. The zero-order valence-electron chi connectivity index (χ0n) is 11.5. The van der Waals surface area contributed by atoms with E-state index in [0.717, 1.165) is 24.6 Å². The molecule has 2 aromatic rings. The number of carbonyl (C=O) groups is 1. The summed E-state index contributed by atoms with van der Waals surface area (Å²) in [6, 6.07) is 7.51. The van der Waals surface area contributed by atoms with Crippen LogP contribution in [0.5, 0.6) is 0 Å². The summed E-state index contributed by atoms with van der Waals surface area (Å²) in [4.78, 5) is 12.1. The van der Waals surface area contributed by atoms with E-state index in [-0.39, 0.29) is 11.2 Å². The van der Waals surface area contributed by atoms with Crippen molar-refractivity contribution in [3.63, 3.8) is 0 Å². The molecule has 0 aliphatic heterocycles. The average molecular weight is 404 g/mol. The number of anilines is 1. The summed E-state index contributed by atoms with van der Waals surface area (Å²) >= 11 is 7.99. The Morgan fingerprint density at radius 3 is 2.67 bits per heavy atom. The molecule has 8 heteroatoms. The molecule has 1 amide bonds. The first-order valence-electron chi connectivity index (χ1n) is 6.28. The van der Waals surface area contributed by atoms with E-state index in [1.54, 1.807) is 11.8 Å². The normalized spacial score (nSPS) is 12.1. The van der Waals surface area contributed by atoms with E-state index < -0.39 is 0 Å². The summed E-state index contributed by atoms with van der Waals surface area (Å²) < 4.78 is 2.75. The second-order valence-electron chi connectivity index (χ2n) is 4.02. The van der Waals surface area contributed by atoms with Crippen LogP contribution < -0.4 is 5.32 Å². The summed E-state index contributed by atoms with van der Waals surface area (Å²) in [5.41, 5.74) is 0.787. The van der Waals surface area contributed by atoms with Crippen LogP contribution in [-0.4, -0.2) is 27.1 Å². The van der Waals surface area contributed by atoms with Crippen molar-refractivity contribution in [2.75, 3.05) is 11.1 Å². The molecule has 21 heavy (non-hydrogen) atoms. The smallest absolute Gasteiger partial charge is 0.237 e. The number of amides is 1. The number of halogens is 1. The minimum atomic E-state index is -0.221. The molecule has 0 radical (unpaired) electrons. The molecule has 1 heterocycles. The first-order chi connectivity index (χ1) is 10.1. The largest absolute Gasteiger partial charge is 0.325 e. The number of rotatable bonds is 6. The van der Waals surface area contributed by atoms with Crippen molar-refractivity contribution in [2.24, 2.45) is 0 Å². The van der Waals surface area contributed by atoms with Gasteiger partial charge < -0.3 is 5.32 Å². The monoisotopic (exact) mass is 403 g/mol. The Hall–Kier alpha value is -0.570. The molecule has 1 N–H and O–H groups in total. The molecule has 112 valence electrons. The van der Waals surface area contributed by atoms with Crippen LogP contribution >= 0.6 is 50.8 Å². The van der Waals surface area contributed by atoms with Crippen LogP contribution in [0.2, 0.25) is 0 Å². The maximum Gasteiger partial charge on any atom is 0.237 e. The van der Waals surface area contributed by atoms with Crippen LogP contribution in [0.1, 0.15) is 13.8 Å². The lowest BCUT2D eigenvalue weighted by atomic mass is 10.3. The summed E-state index contributed by atoms with van der Waals surface area (Å²) in [5.74, 6) is 0.932. The van der Waals surface area contributed by atoms with E-state index in [0.29, 0.717) is 0 Å². The van der Waals surface area contributed by atoms with Crippen molar-refractivity contribution in [1.29, 1.82) is 0 Å². The van der Waals surface area contributed by atoms with Crippen molar-refractivity contribution in [2.45, 2.75) is 27.8 Å². The van der Waals surface area contributed by atoms with Gasteiger partial charge in [0, 0.05) is 10.2 Å². The fourth-order valence-corrected chi connectivity index (χ4v) is 4.73. The van der Waals surface area contributed by atoms with Crippen molar-refractivity contribution < 1.29 is 4.79 Å². The van der Waals surface area contributed by atoms with Gasteiger partial charge in [-0.3, -0.25) is 4.79 Å². The predicted octanol–water partition coefficient (Wildman–Crippen LogP) is 4.53. The van der Waals surface area contributed by atoms with Crippen LogP contribution in [0.4, 0.5) is 5.69 Å². The standard InChI is InChI=1S/C13H14BrN3OS3/c1-3-19-12-16-17-13(21-12)20-8(2)11(18)15-10-6-4-9(14)5-7-10/h4-8H,3H2,1-2H3,(H,15,18)/t8-/m0/s1. The highest BCUT2D eigenvalue weighted by Crippen LogP contribution is 2.31. The van der Waals surface area contributed by atoms with Gasteiger partial charge in [0.1, 0.15) is 0 Å². The molecule has 4 nitrogen and oxygen atoms in total. The molecule has 0 saturated heterocycles. The fourth-order valence-electron chi connectivity index (χ4n) is 1.41. The number of hydrogen-bond acceptors (Lipinski definition) is 6. The Bertz CT molecular complexity index is 603. The molecule has 1 aromatic heterocycles. The average Bonchev–Trinajstić information content (AvgIpc) is 2.89. The van der Waals surface area contributed by atoms with Crippen molar-refractivity contribution >= 4 is 62.4 Å². The number of aromatic nitrogens is 2. The van der Waals surface area contributed by atoms with E-state index in [1.165, 1.54) is 23.1 Å². The highest BCUT2D eigenvalue weighted by atomic mass is 79.9. The molecule has 0 saturated carbocycles. The van der Waals surface area contributed by atoms with Crippen LogP contribution in [0.25, 0.3) is 0 Å². The van der Waals surface area contributed by atoms with E-state index in [4.69, 9.17) is 0 Å². The number of benzene rings is 1. The van der Waals surface area contributed by atoms with Gasteiger partial charge in [0.25, 0.3) is 0 Å². The van der Waals surface area contributed by atoms with Gasteiger partial charge in [0.15, 0.2) is 8.68 Å². The van der Waals surface area contributed by atoms with E-state index in [1.807, 2.05) is 31.2 Å². The third-order valence-electron chi connectivity index (χ3n) is 2.41. The van der Waals surface area contributed by atoms with Gasteiger partial charge in [0.2, 0.25) is 5.91 Å². The summed E-state index contributed by atoms with van der Waals surface area (Å²) in [7, 11) is 0. The van der Waals surface area contributed by atoms with Crippen LogP contribution in [-0.2, 0) is 4.79 Å². The van der Waals surface area contributed by atoms with Crippen molar-refractivity contribution in [1.82, 2.24) is 10.2 Å². The van der Waals surface area contributed by atoms with Gasteiger partial charge in [0.05, 0.1) is 5.25 Å². The number of hydrogen-bond donors (Lipinski definition) is 1. The van der Waals surface area contributed by atoms with E-state index in [2.05, 4.69) is 38.4 Å². The van der Waals surface area contributed by atoms with Crippen LogP contribution in [0.15, 0.2) is 37.4 Å². The van der Waals surface area contributed by atoms with Gasteiger partial charge >= 0.3 is 0 Å². The maximum atomic E-state index is 12.1. The highest BCUT2D eigenvalue weighted by Gasteiger charge is 2.17. The molecule has 2 rings (SSSR count). The molecule has 0 spiro atoms. The SMILES string of the molecule is CCSc1nnc(S[C@@H](C)C(=O)Nc2ccc(Br)cc2)s1. The Kier molecular flexibility index (Phi) is 6.53. The third kappa shape index (κ3) is 5.28. The molecule has 0 bridgehead atoms. The first kappa shape index (κ1) is 16.8. The van der Waals surface area contributed by atoms with Crippen LogP contribution in [0, 0.1) is 0 Å². The molecule has 0 aliphatic carbocycles. The lowest BCUT2D eigenvalue weighted by Crippen LogP contribution is -2.22. The Balaban J connectivity index is 1.90. The number of thioether (sulfide) groups is 2. The number of carbonyl (C=O) groups excluding carboxylic acids is 1. The molecule has 0 aliphatic rings. The Morgan fingerprint density at radius 2 is 2.00 bits per heavy atom. The predicted molar refractivity (Wildman–Crippen MR) is 94.4 cm³/mol. The minimum Gasteiger partial charge on any atom is -0.325 e. The Morgan fingerprint density at radius 1 is 1.33 bits per heavy atom. The second kappa shape index (κ2) is 8.17. The zero-order chi connectivity index (χ0) is 15.2. The van der Waals surface area contributed by atoms with Crippen LogP contribution in [0.3, 0.4) is 0 Å². The van der Waals surface area contributed by atoms with Gasteiger partial charge in [-0.1, -0.05) is 57.7 Å². The molecular formula is C13H14BrN3OS3.